The van der Waals surface area contributed by atoms with Gasteiger partial charge in [0.05, 0.1) is 7.11 Å². The zero-order chi connectivity index (χ0) is 19.4. The summed E-state index contributed by atoms with van der Waals surface area (Å²) in [6.07, 6.45) is 7.74. The Morgan fingerprint density at radius 2 is 1.93 bits per heavy atom. The van der Waals surface area contributed by atoms with Crippen LogP contribution < -0.4 is 14.1 Å². The largest absolute Gasteiger partial charge is 0.493 e. The van der Waals surface area contributed by atoms with E-state index in [0.29, 0.717) is 40.9 Å². The first kappa shape index (κ1) is 18.7. The van der Waals surface area contributed by atoms with Gasteiger partial charge in [-0.15, -0.1) is 0 Å². The highest BCUT2D eigenvalue weighted by Crippen LogP contribution is 2.60. The molecule has 0 amide bonds. The Kier molecular flexibility index (Phi) is 4.50. The number of ether oxygens (including phenoxy) is 1. The van der Waals surface area contributed by atoms with Crippen molar-refractivity contribution in [3.63, 3.8) is 0 Å². The number of hydrogen-bond donors (Lipinski definition) is 1. The smallest absolute Gasteiger partial charge is 0.380 e. The molecular formula is C20H27NO5S. The zero-order valence-electron chi connectivity index (χ0n) is 15.9. The summed E-state index contributed by atoms with van der Waals surface area (Å²) in [6.45, 7) is 2.40. The molecule has 0 radical (unpaired) electrons. The lowest BCUT2D eigenvalue weighted by Crippen LogP contribution is -2.45. The number of methoxy groups -OCH3 is 1. The number of benzene rings is 1. The van der Waals surface area contributed by atoms with Gasteiger partial charge >= 0.3 is 10.3 Å². The molecule has 0 saturated heterocycles. The normalized spacial score (nSPS) is 32.9. The molecule has 4 rings (SSSR count). The molecule has 0 heterocycles. The second-order valence-corrected chi connectivity index (χ2v) is 9.76. The number of carbonyl (C=O) groups is 1. The van der Waals surface area contributed by atoms with Crippen molar-refractivity contribution in [2.24, 2.45) is 22.4 Å². The minimum absolute atomic E-state index is 0.0242. The predicted molar refractivity (Wildman–Crippen MR) is 101 cm³/mol. The lowest BCUT2D eigenvalue weighted by atomic mass is 9.51. The fourth-order valence-electron chi connectivity index (χ4n) is 5.92. The number of carbonyl (C=O) groups excluding carboxylic acids is 1. The topological polar surface area (TPSA) is 95.7 Å². The first-order chi connectivity index (χ1) is 12.7. The van der Waals surface area contributed by atoms with E-state index in [-0.39, 0.29) is 11.5 Å². The van der Waals surface area contributed by atoms with E-state index in [9.17, 15) is 13.2 Å². The molecule has 2 fully saturated rings. The van der Waals surface area contributed by atoms with Gasteiger partial charge in [-0.1, -0.05) is 19.8 Å². The average Bonchev–Trinajstić information content (AvgIpc) is 2.59. The summed E-state index contributed by atoms with van der Waals surface area (Å²) in [5.74, 6) is 1.58. The van der Waals surface area contributed by atoms with Crippen molar-refractivity contribution in [2.75, 3.05) is 7.11 Å². The van der Waals surface area contributed by atoms with Crippen LogP contribution in [0.2, 0.25) is 0 Å². The monoisotopic (exact) mass is 393 g/mol. The van der Waals surface area contributed by atoms with E-state index in [1.54, 1.807) is 6.07 Å². The van der Waals surface area contributed by atoms with E-state index >= 15 is 0 Å². The summed E-state index contributed by atoms with van der Waals surface area (Å²) in [5.41, 5.74) is 1.87. The number of Topliss-reactive ketones (excluding diaryl/α,β-unsaturated/α-hetero) is 1. The maximum absolute atomic E-state index is 13.0. The third-order valence-electron chi connectivity index (χ3n) is 7.13. The van der Waals surface area contributed by atoms with Crippen LogP contribution in [0.1, 0.15) is 73.7 Å². The molecule has 4 atom stereocenters. The Hall–Kier alpha value is -1.60. The maximum atomic E-state index is 13.0. The Morgan fingerprint density at radius 1 is 1.15 bits per heavy atom. The lowest BCUT2D eigenvalue weighted by Gasteiger charge is -2.54. The molecule has 3 aliphatic carbocycles. The summed E-state index contributed by atoms with van der Waals surface area (Å²) in [7, 11) is -2.74. The Morgan fingerprint density at radius 3 is 2.63 bits per heavy atom. The van der Waals surface area contributed by atoms with Gasteiger partial charge in [0.15, 0.2) is 17.3 Å². The molecule has 148 valence electrons. The van der Waals surface area contributed by atoms with Crippen LogP contribution in [0, 0.1) is 17.3 Å². The van der Waals surface area contributed by atoms with Crippen molar-refractivity contribution in [1.29, 1.82) is 0 Å². The summed E-state index contributed by atoms with van der Waals surface area (Å²) < 4.78 is 32.9. The Labute approximate surface area is 160 Å². The summed E-state index contributed by atoms with van der Waals surface area (Å²) >= 11 is 0. The standard InChI is InChI=1S/C20H27NO5S/c1-20-7-4-3-5-16(20)14-9-17(22)15-11-19(26-27(21,23)24)18(25-2)10-13(15)12(14)6-8-20/h10-12,14,16H,3-9H2,1-2H3,(H2,21,23,24)/t12?,14?,16?,20-/m0/s1. The van der Waals surface area contributed by atoms with Gasteiger partial charge in [0.25, 0.3) is 0 Å². The van der Waals surface area contributed by atoms with E-state index in [4.69, 9.17) is 14.1 Å². The van der Waals surface area contributed by atoms with Crippen LogP contribution in [0.5, 0.6) is 11.5 Å². The highest BCUT2D eigenvalue weighted by Gasteiger charge is 2.50. The van der Waals surface area contributed by atoms with Gasteiger partial charge in [0.2, 0.25) is 0 Å². The van der Waals surface area contributed by atoms with Crippen LogP contribution in [0.3, 0.4) is 0 Å². The quantitative estimate of drug-likeness (QED) is 0.847. The molecule has 3 aliphatic rings. The molecule has 7 heteroatoms. The molecule has 2 saturated carbocycles. The highest BCUT2D eigenvalue weighted by atomic mass is 32.2. The second-order valence-electron chi connectivity index (χ2n) is 8.61. The van der Waals surface area contributed by atoms with Crippen LogP contribution in [0.25, 0.3) is 0 Å². The summed E-state index contributed by atoms with van der Waals surface area (Å²) in [5, 5.41) is 5.01. The van der Waals surface area contributed by atoms with Gasteiger partial charge in [-0.25, -0.2) is 0 Å². The van der Waals surface area contributed by atoms with E-state index in [2.05, 4.69) is 6.92 Å². The average molecular weight is 394 g/mol. The minimum atomic E-state index is -4.19. The summed E-state index contributed by atoms with van der Waals surface area (Å²) in [6, 6.07) is 3.28. The van der Waals surface area contributed by atoms with Crippen molar-refractivity contribution in [3.8, 4) is 11.5 Å². The van der Waals surface area contributed by atoms with E-state index in [1.165, 1.54) is 45.3 Å². The molecule has 6 nitrogen and oxygen atoms in total. The van der Waals surface area contributed by atoms with Crippen LogP contribution in [0.4, 0.5) is 0 Å². The molecule has 1 aromatic rings. The van der Waals surface area contributed by atoms with Gasteiger partial charge in [-0.3, -0.25) is 4.79 Å². The minimum Gasteiger partial charge on any atom is -0.493 e. The molecule has 27 heavy (non-hydrogen) atoms. The SMILES string of the molecule is COc1cc2c(cc1OS(N)(=O)=O)C(=O)CC1C2CC[C@]2(C)CCCCC12. The predicted octanol–water partition coefficient (Wildman–Crippen LogP) is 3.55. The third kappa shape index (κ3) is 3.25. The second kappa shape index (κ2) is 6.48. The van der Waals surface area contributed by atoms with Crippen molar-refractivity contribution in [1.82, 2.24) is 0 Å². The first-order valence-corrected chi connectivity index (χ1v) is 11.2. The molecule has 0 aromatic heterocycles. The first-order valence-electron chi connectivity index (χ1n) is 9.69. The van der Waals surface area contributed by atoms with Gasteiger partial charge in [-0.2, -0.15) is 13.6 Å². The number of fused-ring (bicyclic) bond motifs is 5. The number of nitrogens with two attached hydrogens (primary N) is 1. The number of ketones is 1. The van der Waals surface area contributed by atoms with Gasteiger partial charge in [0.1, 0.15) is 0 Å². The molecule has 2 N–H and O–H groups in total. The number of hydrogen-bond acceptors (Lipinski definition) is 5. The highest BCUT2D eigenvalue weighted by molar-refractivity contribution is 7.84. The van der Waals surface area contributed by atoms with Crippen molar-refractivity contribution >= 4 is 16.1 Å². The van der Waals surface area contributed by atoms with E-state index in [1.807, 2.05) is 0 Å². The molecular weight excluding hydrogens is 366 g/mol. The fourth-order valence-corrected chi connectivity index (χ4v) is 6.30. The van der Waals surface area contributed by atoms with Crippen LogP contribution in [0.15, 0.2) is 12.1 Å². The maximum Gasteiger partial charge on any atom is 0.380 e. The van der Waals surface area contributed by atoms with Crippen molar-refractivity contribution in [2.45, 2.75) is 57.8 Å². The molecule has 0 bridgehead atoms. The van der Waals surface area contributed by atoms with Gasteiger partial charge < -0.3 is 8.92 Å². The third-order valence-corrected chi connectivity index (χ3v) is 7.54. The zero-order valence-corrected chi connectivity index (χ0v) is 16.7. The Balaban J connectivity index is 1.76. The Bertz CT molecular complexity index is 881. The van der Waals surface area contributed by atoms with Gasteiger partial charge in [0, 0.05) is 12.0 Å². The van der Waals surface area contributed by atoms with E-state index in [0.717, 1.165) is 12.0 Å². The molecule has 1 aromatic carbocycles. The van der Waals surface area contributed by atoms with Crippen molar-refractivity contribution < 1.29 is 22.1 Å². The molecule has 0 aliphatic heterocycles. The van der Waals surface area contributed by atoms with Crippen LogP contribution in [-0.4, -0.2) is 21.3 Å². The number of rotatable bonds is 3. The van der Waals surface area contributed by atoms with E-state index < -0.39 is 10.3 Å². The lowest BCUT2D eigenvalue weighted by molar-refractivity contribution is -0.00206. The molecule has 3 unspecified atom stereocenters. The fraction of sp³-hybridized carbons (Fsp3) is 0.650. The summed E-state index contributed by atoms with van der Waals surface area (Å²) in [4.78, 5) is 13.0. The van der Waals surface area contributed by atoms with Crippen molar-refractivity contribution in [3.05, 3.63) is 23.3 Å². The molecule has 0 spiro atoms. The van der Waals surface area contributed by atoms with Crippen LogP contribution >= 0.6 is 0 Å². The van der Waals surface area contributed by atoms with Gasteiger partial charge in [-0.05, 0) is 66.5 Å². The van der Waals surface area contributed by atoms with Crippen LogP contribution in [-0.2, 0) is 10.3 Å².